The van der Waals surface area contributed by atoms with Gasteiger partial charge in [0.05, 0.1) is 11.8 Å². The SMILES string of the molecule is CC(O)CC1CCCCN1Cc1ccn(C(C)C)n1. The molecule has 1 aromatic heterocycles. The Labute approximate surface area is 116 Å². The molecule has 0 bridgehead atoms. The summed E-state index contributed by atoms with van der Waals surface area (Å²) in [5.74, 6) is 0. The summed E-state index contributed by atoms with van der Waals surface area (Å²) in [6.07, 6.45) is 6.49. The molecule has 2 atom stereocenters. The molecule has 4 heteroatoms. The van der Waals surface area contributed by atoms with Crippen LogP contribution in [0.4, 0.5) is 0 Å². The zero-order valence-corrected chi connectivity index (χ0v) is 12.4. The molecular formula is C15H27N3O. The van der Waals surface area contributed by atoms with Gasteiger partial charge in [-0.15, -0.1) is 0 Å². The minimum atomic E-state index is -0.209. The molecule has 1 N–H and O–H groups in total. The highest BCUT2D eigenvalue weighted by molar-refractivity contribution is 5.00. The van der Waals surface area contributed by atoms with Crippen molar-refractivity contribution in [2.75, 3.05) is 6.54 Å². The molecule has 2 rings (SSSR count). The predicted molar refractivity (Wildman–Crippen MR) is 77.0 cm³/mol. The van der Waals surface area contributed by atoms with Crippen LogP contribution in [0.15, 0.2) is 12.3 Å². The molecule has 0 amide bonds. The number of piperidine rings is 1. The van der Waals surface area contributed by atoms with Crippen molar-refractivity contribution in [3.05, 3.63) is 18.0 Å². The van der Waals surface area contributed by atoms with Crippen molar-refractivity contribution in [1.82, 2.24) is 14.7 Å². The van der Waals surface area contributed by atoms with E-state index in [1.807, 2.05) is 11.6 Å². The van der Waals surface area contributed by atoms with Gasteiger partial charge in [-0.1, -0.05) is 6.42 Å². The zero-order valence-electron chi connectivity index (χ0n) is 12.4. The van der Waals surface area contributed by atoms with Crippen molar-refractivity contribution in [3.8, 4) is 0 Å². The van der Waals surface area contributed by atoms with E-state index in [0.29, 0.717) is 12.1 Å². The second-order valence-electron chi connectivity index (χ2n) is 6.09. The third-order valence-corrected chi connectivity index (χ3v) is 3.92. The average Bonchev–Trinajstić information content (AvgIpc) is 2.80. The van der Waals surface area contributed by atoms with Crippen molar-refractivity contribution < 1.29 is 5.11 Å². The van der Waals surface area contributed by atoms with Crippen molar-refractivity contribution in [1.29, 1.82) is 0 Å². The number of nitrogens with zero attached hydrogens (tertiary/aromatic N) is 3. The van der Waals surface area contributed by atoms with Crippen molar-refractivity contribution in [3.63, 3.8) is 0 Å². The molecule has 2 heterocycles. The molecule has 1 aliphatic heterocycles. The van der Waals surface area contributed by atoms with E-state index in [1.54, 1.807) is 0 Å². The molecule has 0 aromatic carbocycles. The summed E-state index contributed by atoms with van der Waals surface area (Å²) in [6.45, 7) is 8.23. The maximum Gasteiger partial charge on any atom is 0.0764 e. The molecule has 4 nitrogen and oxygen atoms in total. The van der Waals surface area contributed by atoms with Crippen LogP contribution in [0.5, 0.6) is 0 Å². The minimum absolute atomic E-state index is 0.209. The van der Waals surface area contributed by atoms with Crippen LogP contribution in [0, 0.1) is 0 Å². The summed E-state index contributed by atoms with van der Waals surface area (Å²) in [7, 11) is 0. The first-order valence-corrected chi connectivity index (χ1v) is 7.52. The third-order valence-electron chi connectivity index (χ3n) is 3.92. The van der Waals surface area contributed by atoms with Gasteiger partial charge in [0.25, 0.3) is 0 Å². The lowest BCUT2D eigenvalue weighted by Crippen LogP contribution is -2.40. The molecule has 19 heavy (non-hydrogen) atoms. The summed E-state index contributed by atoms with van der Waals surface area (Å²) in [6, 6.07) is 3.05. The monoisotopic (exact) mass is 265 g/mol. The van der Waals surface area contributed by atoms with Gasteiger partial charge in [-0.05, 0) is 52.6 Å². The summed E-state index contributed by atoms with van der Waals surface area (Å²) in [5, 5.41) is 14.2. The highest BCUT2D eigenvalue weighted by Gasteiger charge is 2.24. The van der Waals surface area contributed by atoms with Gasteiger partial charge in [-0.25, -0.2) is 0 Å². The maximum atomic E-state index is 9.62. The first-order chi connectivity index (χ1) is 9.06. The van der Waals surface area contributed by atoms with E-state index < -0.39 is 0 Å². The fourth-order valence-corrected chi connectivity index (χ4v) is 2.89. The Kier molecular flexibility index (Phi) is 4.99. The van der Waals surface area contributed by atoms with E-state index in [4.69, 9.17) is 0 Å². The van der Waals surface area contributed by atoms with Gasteiger partial charge >= 0.3 is 0 Å². The van der Waals surface area contributed by atoms with Crippen LogP contribution < -0.4 is 0 Å². The summed E-state index contributed by atoms with van der Waals surface area (Å²) >= 11 is 0. The van der Waals surface area contributed by atoms with Crippen LogP contribution >= 0.6 is 0 Å². The molecule has 1 aliphatic rings. The number of rotatable bonds is 5. The van der Waals surface area contributed by atoms with Crippen molar-refractivity contribution >= 4 is 0 Å². The lowest BCUT2D eigenvalue weighted by molar-refractivity contribution is 0.0807. The molecule has 0 radical (unpaired) electrons. The molecule has 1 aromatic rings. The second-order valence-corrected chi connectivity index (χ2v) is 6.09. The normalized spacial score (nSPS) is 22.9. The van der Waals surface area contributed by atoms with Crippen LogP contribution in [0.25, 0.3) is 0 Å². The van der Waals surface area contributed by atoms with Gasteiger partial charge in [0, 0.05) is 24.8 Å². The quantitative estimate of drug-likeness (QED) is 0.889. The number of aliphatic hydroxyl groups excluding tert-OH is 1. The van der Waals surface area contributed by atoms with Crippen LogP contribution in [-0.2, 0) is 6.54 Å². The van der Waals surface area contributed by atoms with Crippen molar-refractivity contribution in [2.45, 2.75) is 71.2 Å². The molecule has 108 valence electrons. The molecule has 1 fully saturated rings. The Hall–Kier alpha value is -0.870. The Bertz CT molecular complexity index is 386. The Morgan fingerprint density at radius 2 is 2.16 bits per heavy atom. The second kappa shape index (κ2) is 6.53. The zero-order chi connectivity index (χ0) is 13.8. The Morgan fingerprint density at radius 1 is 1.37 bits per heavy atom. The van der Waals surface area contributed by atoms with Gasteiger partial charge in [-0.2, -0.15) is 5.10 Å². The Morgan fingerprint density at radius 3 is 2.79 bits per heavy atom. The molecule has 0 aliphatic carbocycles. The number of hydrogen-bond donors (Lipinski definition) is 1. The lowest BCUT2D eigenvalue weighted by Gasteiger charge is -2.36. The first kappa shape index (κ1) is 14.5. The smallest absolute Gasteiger partial charge is 0.0764 e. The maximum absolute atomic E-state index is 9.62. The fraction of sp³-hybridized carbons (Fsp3) is 0.800. The van der Waals surface area contributed by atoms with E-state index >= 15 is 0 Å². The highest BCUT2D eigenvalue weighted by Crippen LogP contribution is 2.22. The lowest BCUT2D eigenvalue weighted by atomic mass is 9.97. The summed E-state index contributed by atoms with van der Waals surface area (Å²) in [5.41, 5.74) is 1.14. The van der Waals surface area contributed by atoms with Crippen LogP contribution in [0.1, 0.15) is 58.2 Å². The van der Waals surface area contributed by atoms with Crippen LogP contribution in [0.2, 0.25) is 0 Å². The number of hydrogen-bond acceptors (Lipinski definition) is 3. The third kappa shape index (κ3) is 4.05. The summed E-state index contributed by atoms with van der Waals surface area (Å²) < 4.78 is 2.02. The predicted octanol–water partition coefficient (Wildman–Crippen LogP) is 2.59. The molecule has 1 saturated heterocycles. The highest BCUT2D eigenvalue weighted by atomic mass is 16.3. The largest absolute Gasteiger partial charge is 0.393 e. The van der Waals surface area contributed by atoms with Crippen molar-refractivity contribution in [2.24, 2.45) is 0 Å². The molecular weight excluding hydrogens is 238 g/mol. The van der Waals surface area contributed by atoms with E-state index in [9.17, 15) is 5.11 Å². The number of aliphatic hydroxyl groups is 1. The van der Waals surface area contributed by atoms with Crippen LogP contribution in [0.3, 0.4) is 0 Å². The van der Waals surface area contributed by atoms with E-state index in [2.05, 4.69) is 36.1 Å². The fourth-order valence-electron chi connectivity index (χ4n) is 2.89. The van der Waals surface area contributed by atoms with E-state index in [0.717, 1.165) is 25.2 Å². The molecule has 2 unspecified atom stereocenters. The minimum Gasteiger partial charge on any atom is -0.393 e. The number of aromatic nitrogens is 2. The van der Waals surface area contributed by atoms with Gasteiger partial charge in [0.1, 0.15) is 0 Å². The topological polar surface area (TPSA) is 41.3 Å². The van der Waals surface area contributed by atoms with Gasteiger partial charge in [-0.3, -0.25) is 9.58 Å². The molecule has 0 saturated carbocycles. The summed E-state index contributed by atoms with van der Waals surface area (Å²) in [4.78, 5) is 2.49. The van der Waals surface area contributed by atoms with Gasteiger partial charge in [0.15, 0.2) is 0 Å². The van der Waals surface area contributed by atoms with E-state index in [-0.39, 0.29) is 6.10 Å². The molecule has 0 spiro atoms. The number of likely N-dealkylation sites (tertiary alicyclic amines) is 1. The Balaban J connectivity index is 1.98. The standard InChI is InChI=1S/C15H27N3O/c1-12(2)18-9-7-14(16-18)11-17-8-5-4-6-15(17)10-13(3)19/h7,9,12-13,15,19H,4-6,8,10-11H2,1-3H3. The van der Waals surface area contributed by atoms with Crippen LogP contribution in [-0.4, -0.2) is 38.5 Å². The van der Waals surface area contributed by atoms with Gasteiger partial charge < -0.3 is 5.11 Å². The first-order valence-electron chi connectivity index (χ1n) is 7.52. The van der Waals surface area contributed by atoms with Gasteiger partial charge in [0.2, 0.25) is 0 Å². The average molecular weight is 265 g/mol. The van der Waals surface area contributed by atoms with E-state index in [1.165, 1.54) is 19.3 Å².